The zero-order valence-electron chi connectivity index (χ0n) is 17.2. The fourth-order valence-corrected chi connectivity index (χ4v) is 3.26. The van der Waals surface area contributed by atoms with Gasteiger partial charge in [-0.1, -0.05) is 26.8 Å². The number of fused-ring (bicyclic) bond motifs is 1. The van der Waals surface area contributed by atoms with Gasteiger partial charge in [-0.25, -0.2) is 0 Å². The molecule has 1 aliphatic heterocycles. The van der Waals surface area contributed by atoms with Gasteiger partial charge in [-0.3, -0.25) is 9.59 Å². The molecular weight excluding hydrogens is 372 g/mol. The van der Waals surface area contributed by atoms with Crippen molar-refractivity contribution in [3.05, 3.63) is 47.9 Å². The van der Waals surface area contributed by atoms with E-state index in [4.69, 9.17) is 13.9 Å². The molecule has 0 radical (unpaired) electrons. The van der Waals surface area contributed by atoms with Crippen LogP contribution in [0.15, 0.2) is 41.0 Å². The first-order chi connectivity index (χ1) is 14.0. The summed E-state index contributed by atoms with van der Waals surface area (Å²) in [7, 11) is 0. The predicted molar refractivity (Wildman–Crippen MR) is 107 cm³/mol. The molecule has 0 fully saturated rings. The van der Waals surface area contributed by atoms with E-state index in [2.05, 4.69) is 0 Å². The molecule has 29 heavy (non-hydrogen) atoms. The number of nitrogens with zero attached hydrogens (tertiary/aromatic N) is 2. The molecule has 0 aliphatic carbocycles. The summed E-state index contributed by atoms with van der Waals surface area (Å²) in [5.41, 5.74) is 0.923. The number of furan rings is 1. The van der Waals surface area contributed by atoms with Crippen LogP contribution in [0, 0.1) is 5.92 Å². The molecule has 0 saturated carbocycles. The summed E-state index contributed by atoms with van der Waals surface area (Å²) < 4.78 is 16.2. The fraction of sp³-hybridized carbons (Fsp3) is 0.455. The number of carbonyl (C=O) groups excluding carboxylic acids is 2. The van der Waals surface area contributed by atoms with Crippen molar-refractivity contribution in [2.24, 2.45) is 5.92 Å². The summed E-state index contributed by atoms with van der Waals surface area (Å²) in [4.78, 5) is 28.8. The van der Waals surface area contributed by atoms with Crippen LogP contribution in [0.1, 0.15) is 38.5 Å². The average Bonchev–Trinajstić information content (AvgIpc) is 3.37. The molecule has 156 valence electrons. The van der Waals surface area contributed by atoms with E-state index in [1.807, 2.05) is 45.0 Å². The molecule has 1 aromatic heterocycles. The Bertz CT molecular complexity index is 832. The van der Waals surface area contributed by atoms with Gasteiger partial charge >= 0.3 is 0 Å². The summed E-state index contributed by atoms with van der Waals surface area (Å²) in [5.74, 6) is 2.21. The van der Waals surface area contributed by atoms with Crippen molar-refractivity contribution in [2.45, 2.75) is 40.3 Å². The Hall–Kier alpha value is -2.96. The van der Waals surface area contributed by atoms with Crippen LogP contribution in [0.3, 0.4) is 0 Å². The standard InChI is InChI=1S/C22H28N2O5/c1-4-21(25)23(11-16(2)3)14-22(26)24(13-18-6-5-9-27-18)12-17-7-8-19-20(10-17)29-15-28-19/h5-10,16H,4,11-15H2,1-3H3. The Balaban J connectivity index is 1.76. The first-order valence-electron chi connectivity index (χ1n) is 9.92. The second-order valence-corrected chi connectivity index (χ2v) is 7.54. The Morgan fingerprint density at radius 2 is 1.83 bits per heavy atom. The minimum Gasteiger partial charge on any atom is -0.467 e. The largest absolute Gasteiger partial charge is 0.467 e. The molecule has 0 unspecified atom stereocenters. The lowest BCUT2D eigenvalue weighted by molar-refractivity contribution is -0.141. The number of hydrogen-bond donors (Lipinski definition) is 0. The quantitative estimate of drug-likeness (QED) is 0.645. The van der Waals surface area contributed by atoms with Gasteiger partial charge in [0.2, 0.25) is 18.6 Å². The van der Waals surface area contributed by atoms with Gasteiger partial charge in [0.25, 0.3) is 0 Å². The van der Waals surface area contributed by atoms with Gasteiger partial charge in [-0.05, 0) is 35.7 Å². The Morgan fingerprint density at radius 3 is 2.52 bits per heavy atom. The summed E-state index contributed by atoms with van der Waals surface area (Å²) >= 11 is 0. The molecular formula is C22H28N2O5. The third kappa shape index (κ3) is 5.53. The molecule has 2 amide bonds. The number of hydrogen-bond acceptors (Lipinski definition) is 5. The molecule has 1 aliphatic rings. The maximum absolute atomic E-state index is 13.2. The summed E-state index contributed by atoms with van der Waals surface area (Å²) in [6.07, 6.45) is 1.96. The van der Waals surface area contributed by atoms with E-state index in [1.165, 1.54) is 0 Å². The van der Waals surface area contributed by atoms with E-state index >= 15 is 0 Å². The minimum absolute atomic E-state index is 0.0203. The van der Waals surface area contributed by atoms with Gasteiger partial charge in [-0.2, -0.15) is 0 Å². The lowest BCUT2D eigenvalue weighted by atomic mass is 10.1. The van der Waals surface area contributed by atoms with E-state index in [-0.39, 0.29) is 31.1 Å². The summed E-state index contributed by atoms with van der Waals surface area (Å²) in [6, 6.07) is 9.28. The SMILES string of the molecule is CCC(=O)N(CC(=O)N(Cc1ccc2c(c1)OCO2)Cc1ccco1)CC(C)C. The van der Waals surface area contributed by atoms with Crippen LogP contribution in [-0.4, -0.2) is 41.5 Å². The molecule has 1 aromatic carbocycles. The van der Waals surface area contributed by atoms with Crippen LogP contribution in [0.2, 0.25) is 0 Å². The third-order valence-corrected chi connectivity index (χ3v) is 4.66. The van der Waals surface area contributed by atoms with E-state index in [9.17, 15) is 9.59 Å². The highest BCUT2D eigenvalue weighted by atomic mass is 16.7. The van der Waals surface area contributed by atoms with Crippen molar-refractivity contribution in [1.29, 1.82) is 0 Å². The number of ether oxygens (including phenoxy) is 2. The second kappa shape index (κ2) is 9.49. The smallest absolute Gasteiger partial charge is 0.242 e. The highest BCUT2D eigenvalue weighted by Gasteiger charge is 2.23. The minimum atomic E-state index is -0.124. The van der Waals surface area contributed by atoms with E-state index < -0.39 is 0 Å². The molecule has 0 atom stereocenters. The number of rotatable bonds is 9. The van der Waals surface area contributed by atoms with Crippen LogP contribution in [0.25, 0.3) is 0 Å². The zero-order valence-corrected chi connectivity index (χ0v) is 17.2. The lowest BCUT2D eigenvalue weighted by Gasteiger charge is -2.28. The van der Waals surface area contributed by atoms with Crippen molar-refractivity contribution < 1.29 is 23.5 Å². The number of carbonyl (C=O) groups is 2. The van der Waals surface area contributed by atoms with E-state index in [0.717, 1.165) is 5.56 Å². The first kappa shape index (κ1) is 20.8. The molecule has 0 bridgehead atoms. The fourth-order valence-electron chi connectivity index (χ4n) is 3.26. The van der Waals surface area contributed by atoms with Crippen molar-refractivity contribution in [3.8, 4) is 11.5 Å². The number of amides is 2. The van der Waals surface area contributed by atoms with Crippen molar-refractivity contribution >= 4 is 11.8 Å². The highest BCUT2D eigenvalue weighted by molar-refractivity contribution is 5.84. The van der Waals surface area contributed by atoms with Gasteiger partial charge in [0.1, 0.15) is 5.76 Å². The van der Waals surface area contributed by atoms with Crippen LogP contribution < -0.4 is 9.47 Å². The van der Waals surface area contributed by atoms with Gasteiger partial charge in [-0.15, -0.1) is 0 Å². The van der Waals surface area contributed by atoms with Crippen LogP contribution in [-0.2, 0) is 22.7 Å². The molecule has 0 saturated heterocycles. The van der Waals surface area contributed by atoms with Crippen LogP contribution in [0.5, 0.6) is 11.5 Å². The normalized spacial score (nSPS) is 12.3. The van der Waals surface area contributed by atoms with Crippen LogP contribution in [0.4, 0.5) is 0 Å². The van der Waals surface area contributed by atoms with Gasteiger partial charge in [0, 0.05) is 19.5 Å². The van der Waals surface area contributed by atoms with Gasteiger partial charge < -0.3 is 23.7 Å². The van der Waals surface area contributed by atoms with Crippen molar-refractivity contribution in [2.75, 3.05) is 19.9 Å². The van der Waals surface area contributed by atoms with E-state index in [1.54, 1.807) is 22.1 Å². The zero-order chi connectivity index (χ0) is 20.8. The maximum atomic E-state index is 13.2. The Labute approximate surface area is 171 Å². The first-order valence-corrected chi connectivity index (χ1v) is 9.92. The lowest BCUT2D eigenvalue weighted by Crippen LogP contribution is -2.43. The topological polar surface area (TPSA) is 72.2 Å². The molecule has 3 rings (SSSR count). The molecule has 0 spiro atoms. The number of benzene rings is 1. The molecule has 2 heterocycles. The Kier molecular flexibility index (Phi) is 6.80. The average molecular weight is 400 g/mol. The highest BCUT2D eigenvalue weighted by Crippen LogP contribution is 2.33. The second-order valence-electron chi connectivity index (χ2n) is 7.54. The van der Waals surface area contributed by atoms with Crippen molar-refractivity contribution in [3.63, 3.8) is 0 Å². The van der Waals surface area contributed by atoms with Gasteiger partial charge in [0.15, 0.2) is 11.5 Å². The summed E-state index contributed by atoms with van der Waals surface area (Å²) in [5, 5.41) is 0. The van der Waals surface area contributed by atoms with E-state index in [0.29, 0.717) is 43.3 Å². The van der Waals surface area contributed by atoms with Crippen LogP contribution >= 0.6 is 0 Å². The van der Waals surface area contributed by atoms with Crippen molar-refractivity contribution in [1.82, 2.24) is 9.80 Å². The molecule has 7 heteroatoms. The maximum Gasteiger partial charge on any atom is 0.242 e. The molecule has 2 aromatic rings. The van der Waals surface area contributed by atoms with Gasteiger partial charge in [0.05, 0.1) is 19.4 Å². The predicted octanol–water partition coefficient (Wildman–Crippen LogP) is 3.43. The molecule has 0 N–H and O–H groups in total. The summed E-state index contributed by atoms with van der Waals surface area (Å²) in [6.45, 7) is 7.40. The third-order valence-electron chi connectivity index (χ3n) is 4.66. The Morgan fingerprint density at radius 1 is 1.03 bits per heavy atom. The molecule has 7 nitrogen and oxygen atoms in total. The monoisotopic (exact) mass is 400 g/mol.